The molecule has 0 atom stereocenters. The molecule has 1 aromatic carbocycles. The van der Waals surface area contributed by atoms with Gasteiger partial charge in [-0.3, -0.25) is 10.1 Å². The smallest absolute Gasteiger partial charge is 0.325 e. The van der Waals surface area contributed by atoms with E-state index in [1.165, 1.54) is 0 Å². The molecule has 0 aliphatic carbocycles. The third-order valence-corrected chi connectivity index (χ3v) is 4.64. The van der Waals surface area contributed by atoms with Crippen molar-refractivity contribution in [3.8, 4) is 5.75 Å². The van der Waals surface area contributed by atoms with Crippen LogP contribution >= 0.6 is 15.9 Å². The van der Waals surface area contributed by atoms with Gasteiger partial charge in [-0.1, -0.05) is 29.8 Å². The van der Waals surface area contributed by atoms with Crippen LogP contribution in [0.1, 0.15) is 32.3 Å². The Bertz CT molecular complexity index is 570. The maximum Gasteiger partial charge on any atom is 0.325 e. The molecule has 0 unspecified atom stereocenters. The van der Waals surface area contributed by atoms with Gasteiger partial charge in [0.15, 0.2) is 0 Å². The summed E-state index contributed by atoms with van der Waals surface area (Å²) in [4.78, 5) is 25.9. The van der Waals surface area contributed by atoms with Crippen LogP contribution in [0.3, 0.4) is 0 Å². The van der Waals surface area contributed by atoms with Gasteiger partial charge in [-0.2, -0.15) is 0 Å². The van der Waals surface area contributed by atoms with Gasteiger partial charge >= 0.3 is 6.03 Å². The van der Waals surface area contributed by atoms with Crippen LogP contribution in [-0.4, -0.2) is 29.5 Å². The number of halogens is 1. The van der Waals surface area contributed by atoms with Crippen molar-refractivity contribution < 1.29 is 14.3 Å². The summed E-state index contributed by atoms with van der Waals surface area (Å²) in [6, 6.07) is 5.29. The van der Waals surface area contributed by atoms with Gasteiger partial charge in [0.2, 0.25) is 0 Å². The Balaban J connectivity index is 2.39. The van der Waals surface area contributed by atoms with Crippen LogP contribution in [0.5, 0.6) is 5.75 Å². The fourth-order valence-electron chi connectivity index (χ4n) is 2.81. The van der Waals surface area contributed by atoms with E-state index in [1.807, 2.05) is 32.0 Å². The molecule has 1 fully saturated rings. The zero-order valence-electron chi connectivity index (χ0n) is 12.4. The first-order valence-corrected chi connectivity index (χ1v) is 7.73. The van der Waals surface area contributed by atoms with E-state index in [2.05, 4.69) is 21.2 Å². The van der Waals surface area contributed by atoms with Crippen molar-refractivity contribution in [3.63, 3.8) is 0 Å². The number of nitrogens with zero attached hydrogens (tertiary/aromatic N) is 1. The zero-order chi connectivity index (χ0) is 15.6. The van der Waals surface area contributed by atoms with Crippen molar-refractivity contribution >= 4 is 27.9 Å². The van der Waals surface area contributed by atoms with E-state index in [-0.39, 0.29) is 11.9 Å². The average molecular weight is 355 g/mol. The van der Waals surface area contributed by atoms with Gasteiger partial charge in [-0.05, 0) is 31.0 Å². The Morgan fingerprint density at radius 2 is 1.95 bits per heavy atom. The molecule has 1 saturated heterocycles. The Labute approximate surface area is 132 Å². The molecular weight excluding hydrogens is 336 g/mol. The SMILES string of the molecule is CCC1(CC)C(=O)NC(=O)N1Cc1cc(Br)ccc1OC. The molecule has 5 nitrogen and oxygen atoms in total. The molecular formula is C15H19BrN2O3. The van der Waals surface area contributed by atoms with E-state index < -0.39 is 5.54 Å². The van der Waals surface area contributed by atoms with Crippen molar-refractivity contribution in [1.82, 2.24) is 10.2 Å². The normalized spacial score (nSPS) is 17.0. The van der Waals surface area contributed by atoms with E-state index in [0.29, 0.717) is 25.1 Å². The Kier molecular flexibility index (Phi) is 4.56. The maximum atomic E-state index is 12.2. The van der Waals surface area contributed by atoms with E-state index in [1.54, 1.807) is 12.0 Å². The number of rotatable bonds is 5. The number of nitrogens with one attached hydrogen (secondary N) is 1. The number of benzene rings is 1. The number of hydrogen-bond acceptors (Lipinski definition) is 3. The third-order valence-electron chi connectivity index (χ3n) is 4.15. The first kappa shape index (κ1) is 15.8. The minimum atomic E-state index is -0.773. The monoisotopic (exact) mass is 354 g/mol. The number of carbonyl (C=O) groups excluding carboxylic acids is 2. The number of amides is 3. The molecule has 2 rings (SSSR count). The van der Waals surface area contributed by atoms with Crippen LogP contribution in [0.15, 0.2) is 22.7 Å². The summed E-state index contributed by atoms with van der Waals surface area (Å²) in [6.45, 7) is 4.18. The molecule has 3 amide bonds. The molecule has 6 heteroatoms. The van der Waals surface area contributed by atoms with E-state index in [4.69, 9.17) is 4.74 Å². The van der Waals surface area contributed by atoms with Gasteiger partial charge < -0.3 is 9.64 Å². The largest absolute Gasteiger partial charge is 0.496 e. The number of carbonyl (C=O) groups is 2. The third kappa shape index (κ3) is 2.64. The van der Waals surface area contributed by atoms with Crippen molar-refractivity contribution in [2.75, 3.05) is 7.11 Å². The second-order valence-electron chi connectivity index (χ2n) is 5.04. The highest BCUT2D eigenvalue weighted by molar-refractivity contribution is 9.10. The fourth-order valence-corrected chi connectivity index (χ4v) is 3.22. The van der Waals surface area contributed by atoms with Crippen molar-refractivity contribution in [2.45, 2.75) is 38.8 Å². The molecule has 1 heterocycles. The highest BCUT2D eigenvalue weighted by Gasteiger charge is 2.50. The summed E-state index contributed by atoms with van der Waals surface area (Å²) in [6.07, 6.45) is 1.16. The second-order valence-corrected chi connectivity index (χ2v) is 5.96. The quantitative estimate of drug-likeness (QED) is 0.826. The van der Waals surface area contributed by atoms with Crippen molar-refractivity contribution in [2.24, 2.45) is 0 Å². The zero-order valence-corrected chi connectivity index (χ0v) is 14.0. The van der Waals surface area contributed by atoms with Gasteiger partial charge in [0.25, 0.3) is 5.91 Å². The summed E-state index contributed by atoms with van der Waals surface area (Å²) >= 11 is 3.42. The molecule has 21 heavy (non-hydrogen) atoms. The number of hydrogen-bond donors (Lipinski definition) is 1. The van der Waals surface area contributed by atoms with Gasteiger partial charge in [-0.25, -0.2) is 4.79 Å². The van der Waals surface area contributed by atoms with Crippen LogP contribution < -0.4 is 10.1 Å². The molecule has 1 aromatic rings. The van der Waals surface area contributed by atoms with Crippen LogP contribution in [0.4, 0.5) is 4.79 Å². The van der Waals surface area contributed by atoms with Crippen LogP contribution in [0.2, 0.25) is 0 Å². The van der Waals surface area contributed by atoms with Crippen LogP contribution in [-0.2, 0) is 11.3 Å². The summed E-state index contributed by atoms with van der Waals surface area (Å²) in [5, 5.41) is 2.43. The molecule has 114 valence electrons. The predicted octanol–water partition coefficient (Wildman–Crippen LogP) is 3.07. The molecule has 0 spiro atoms. The Hall–Kier alpha value is -1.56. The molecule has 0 saturated carbocycles. The maximum absolute atomic E-state index is 12.2. The highest BCUT2D eigenvalue weighted by Crippen LogP contribution is 2.33. The summed E-state index contributed by atoms with van der Waals surface area (Å²) in [5.74, 6) is 0.484. The summed E-state index contributed by atoms with van der Waals surface area (Å²) < 4.78 is 6.25. The first-order chi connectivity index (χ1) is 9.98. The highest BCUT2D eigenvalue weighted by atomic mass is 79.9. The van der Waals surface area contributed by atoms with Gasteiger partial charge in [0.05, 0.1) is 13.7 Å². The van der Waals surface area contributed by atoms with E-state index in [0.717, 1.165) is 10.0 Å². The second kappa shape index (κ2) is 6.05. The van der Waals surface area contributed by atoms with Gasteiger partial charge in [-0.15, -0.1) is 0 Å². The molecule has 1 aliphatic rings. The fraction of sp³-hybridized carbons (Fsp3) is 0.467. The summed E-state index contributed by atoms with van der Waals surface area (Å²) in [5.41, 5.74) is 0.0905. The molecule has 0 radical (unpaired) electrons. The molecule has 0 aromatic heterocycles. The number of imide groups is 1. The lowest BCUT2D eigenvalue weighted by molar-refractivity contribution is -0.127. The first-order valence-electron chi connectivity index (χ1n) is 6.94. The van der Waals surface area contributed by atoms with Crippen LogP contribution in [0, 0.1) is 0 Å². The number of ether oxygens (including phenoxy) is 1. The minimum absolute atomic E-state index is 0.216. The lowest BCUT2D eigenvalue weighted by Gasteiger charge is -2.33. The Morgan fingerprint density at radius 1 is 1.29 bits per heavy atom. The molecule has 1 N–H and O–H groups in total. The number of urea groups is 1. The van der Waals surface area contributed by atoms with E-state index >= 15 is 0 Å². The standard InChI is InChI=1S/C15H19BrN2O3/c1-4-15(5-2)13(19)17-14(20)18(15)9-10-8-11(16)6-7-12(10)21-3/h6-8H,4-5,9H2,1-3H3,(H,17,19,20). The average Bonchev–Trinajstić information content (AvgIpc) is 2.70. The van der Waals surface area contributed by atoms with Crippen molar-refractivity contribution in [1.29, 1.82) is 0 Å². The Morgan fingerprint density at radius 3 is 2.52 bits per heavy atom. The van der Waals surface area contributed by atoms with Gasteiger partial charge in [0, 0.05) is 10.0 Å². The summed E-state index contributed by atoms with van der Waals surface area (Å²) in [7, 11) is 1.59. The van der Waals surface area contributed by atoms with Crippen molar-refractivity contribution in [3.05, 3.63) is 28.2 Å². The molecule has 1 aliphatic heterocycles. The lowest BCUT2D eigenvalue weighted by Crippen LogP contribution is -2.48. The van der Waals surface area contributed by atoms with Gasteiger partial charge in [0.1, 0.15) is 11.3 Å². The number of methoxy groups -OCH3 is 1. The molecule has 0 bridgehead atoms. The predicted molar refractivity (Wildman–Crippen MR) is 83.1 cm³/mol. The van der Waals surface area contributed by atoms with Crippen LogP contribution in [0.25, 0.3) is 0 Å². The minimum Gasteiger partial charge on any atom is -0.496 e. The lowest BCUT2D eigenvalue weighted by atomic mass is 9.91. The topological polar surface area (TPSA) is 58.6 Å². The van der Waals surface area contributed by atoms with E-state index in [9.17, 15) is 9.59 Å².